The van der Waals surface area contributed by atoms with Crippen molar-refractivity contribution >= 4 is 23.3 Å². The van der Waals surface area contributed by atoms with E-state index >= 15 is 0 Å². The predicted molar refractivity (Wildman–Crippen MR) is 92.9 cm³/mol. The highest BCUT2D eigenvalue weighted by Crippen LogP contribution is 2.35. The molecule has 0 bridgehead atoms. The molecular weight excluding hydrogens is 308 g/mol. The normalized spacial score (nSPS) is 14.8. The Morgan fingerprint density at radius 3 is 2.08 bits per heavy atom. The fourth-order valence-corrected chi connectivity index (χ4v) is 2.81. The number of nitrogens with zero attached hydrogens (tertiary/aromatic N) is 2. The lowest BCUT2D eigenvalue weighted by molar-refractivity contribution is -0.136. The molecule has 0 spiro atoms. The zero-order valence-corrected chi connectivity index (χ0v) is 14.6. The number of hydrogen-bond donors (Lipinski definition) is 1. The van der Waals surface area contributed by atoms with Crippen LogP contribution in [0.2, 0.25) is 0 Å². The van der Waals surface area contributed by atoms with Gasteiger partial charge in [0.05, 0.1) is 18.3 Å². The van der Waals surface area contributed by atoms with E-state index in [-0.39, 0.29) is 12.0 Å². The van der Waals surface area contributed by atoms with Crippen LogP contribution in [0.25, 0.3) is 0 Å². The van der Waals surface area contributed by atoms with Gasteiger partial charge in [-0.15, -0.1) is 0 Å². The second-order valence-corrected chi connectivity index (χ2v) is 5.85. The molecule has 0 fully saturated rings. The molecule has 0 unspecified atom stereocenters. The number of hydrogen-bond acceptors (Lipinski definition) is 5. The average molecular weight is 330 g/mol. The van der Waals surface area contributed by atoms with Crippen molar-refractivity contribution in [1.29, 1.82) is 0 Å². The van der Waals surface area contributed by atoms with Crippen molar-refractivity contribution in [1.82, 2.24) is 0 Å². The molecule has 0 aromatic heterocycles. The van der Waals surface area contributed by atoms with Crippen molar-refractivity contribution in [2.45, 2.75) is 20.3 Å². The highest BCUT2D eigenvalue weighted by atomic mass is 16.5. The van der Waals surface area contributed by atoms with E-state index in [9.17, 15) is 14.7 Å². The molecule has 0 atom stereocenters. The third-order valence-corrected chi connectivity index (χ3v) is 4.21. The van der Waals surface area contributed by atoms with Crippen LogP contribution in [0.4, 0.5) is 11.4 Å². The van der Waals surface area contributed by atoms with Gasteiger partial charge >= 0.3 is 11.9 Å². The Morgan fingerprint density at radius 1 is 1.08 bits per heavy atom. The van der Waals surface area contributed by atoms with Crippen LogP contribution in [0.5, 0.6) is 0 Å². The molecule has 0 aliphatic carbocycles. The minimum absolute atomic E-state index is 0.0615. The van der Waals surface area contributed by atoms with E-state index in [0.717, 1.165) is 11.4 Å². The molecule has 24 heavy (non-hydrogen) atoms. The minimum Gasteiger partial charge on any atom is -0.478 e. The first kappa shape index (κ1) is 17.6. The van der Waals surface area contributed by atoms with E-state index in [0.29, 0.717) is 17.0 Å². The summed E-state index contributed by atoms with van der Waals surface area (Å²) in [6, 6.07) is 7.70. The topological polar surface area (TPSA) is 70.1 Å². The van der Waals surface area contributed by atoms with Gasteiger partial charge in [-0.2, -0.15) is 0 Å². The van der Waals surface area contributed by atoms with Gasteiger partial charge in [-0.1, -0.05) is 0 Å². The first-order valence-corrected chi connectivity index (χ1v) is 7.56. The Labute approximate surface area is 141 Å². The lowest BCUT2D eigenvalue weighted by atomic mass is 9.96. The number of allylic oxidation sites excluding steroid dienone is 2. The lowest BCUT2D eigenvalue weighted by Crippen LogP contribution is -2.30. The Balaban J connectivity index is 2.56. The summed E-state index contributed by atoms with van der Waals surface area (Å²) in [7, 11) is 5.19. The number of carbonyl (C=O) groups excluding carboxylic acids is 1. The highest BCUT2D eigenvalue weighted by molar-refractivity contribution is 5.97. The number of benzene rings is 1. The van der Waals surface area contributed by atoms with E-state index in [1.807, 2.05) is 43.3 Å². The summed E-state index contributed by atoms with van der Waals surface area (Å²) in [4.78, 5) is 27.4. The second kappa shape index (κ2) is 6.78. The molecule has 1 heterocycles. The Morgan fingerprint density at radius 2 is 1.62 bits per heavy atom. The van der Waals surface area contributed by atoms with Crippen molar-refractivity contribution < 1.29 is 19.4 Å². The number of rotatable bonds is 4. The number of anilines is 2. The van der Waals surface area contributed by atoms with E-state index in [1.54, 1.807) is 18.7 Å². The maximum Gasteiger partial charge on any atom is 0.335 e. The minimum atomic E-state index is -1.03. The van der Waals surface area contributed by atoms with E-state index in [2.05, 4.69) is 0 Å². The number of methoxy groups -OCH3 is 1. The molecule has 1 aromatic rings. The van der Waals surface area contributed by atoms with Crippen molar-refractivity contribution in [3.05, 3.63) is 46.8 Å². The lowest BCUT2D eigenvalue weighted by Gasteiger charge is -2.33. The summed E-state index contributed by atoms with van der Waals surface area (Å²) in [6.07, 6.45) is 0.0615. The van der Waals surface area contributed by atoms with Gasteiger partial charge in [0.25, 0.3) is 0 Å². The van der Waals surface area contributed by atoms with Crippen molar-refractivity contribution in [2.75, 3.05) is 31.0 Å². The SMILES string of the molecule is COC(=O)C1=C(C)N(c2ccc(N(C)C)cc2)C(C)=C(C(=O)O)C1. The molecule has 0 radical (unpaired) electrons. The van der Waals surface area contributed by atoms with Gasteiger partial charge in [0, 0.05) is 43.3 Å². The van der Waals surface area contributed by atoms with E-state index in [4.69, 9.17) is 4.74 Å². The van der Waals surface area contributed by atoms with Gasteiger partial charge in [-0.3, -0.25) is 0 Å². The molecule has 0 saturated carbocycles. The summed E-state index contributed by atoms with van der Waals surface area (Å²) in [5, 5.41) is 9.48. The van der Waals surface area contributed by atoms with Crippen LogP contribution in [0.3, 0.4) is 0 Å². The average Bonchev–Trinajstić information content (AvgIpc) is 2.54. The number of carboxylic acid groups (broad SMARTS) is 1. The summed E-state index contributed by atoms with van der Waals surface area (Å²) >= 11 is 0. The molecule has 6 nitrogen and oxygen atoms in total. The summed E-state index contributed by atoms with van der Waals surface area (Å²) in [5.41, 5.74) is 3.67. The van der Waals surface area contributed by atoms with Crippen LogP contribution < -0.4 is 9.80 Å². The number of ether oxygens (including phenoxy) is 1. The van der Waals surface area contributed by atoms with Crippen molar-refractivity contribution in [2.24, 2.45) is 0 Å². The van der Waals surface area contributed by atoms with Crippen LogP contribution in [-0.4, -0.2) is 38.3 Å². The van der Waals surface area contributed by atoms with Crippen LogP contribution in [0.1, 0.15) is 20.3 Å². The quantitative estimate of drug-likeness (QED) is 0.856. The molecule has 0 saturated heterocycles. The van der Waals surface area contributed by atoms with Gasteiger partial charge < -0.3 is 19.6 Å². The monoisotopic (exact) mass is 330 g/mol. The Hall–Kier alpha value is -2.76. The molecule has 1 N–H and O–H groups in total. The third kappa shape index (κ3) is 3.13. The maximum absolute atomic E-state index is 12.0. The zero-order chi connectivity index (χ0) is 18.0. The van der Waals surface area contributed by atoms with E-state index in [1.165, 1.54) is 7.11 Å². The van der Waals surface area contributed by atoms with Crippen LogP contribution in [-0.2, 0) is 14.3 Å². The molecule has 2 rings (SSSR count). The smallest absolute Gasteiger partial charge is 0.335 e. The van der Waals surface area contributed by atoms with Crippen LogP contribution in [0.15, 0.2) is 46.8 Å². The molecule has 1 aliphatic rings. The van der Waals surface area contributed by atoms with Crippen molar-refractivity contribution in [3.8, 4) is 0 Å². The number of esters is 1. The first-order chi connectivity index (χ1) is 11.3. The summed E-state index contributed by atoms with van der Waals surface area (Å²) in [5.74, 6) is -1.54. The first-order valence-electron chi connectivity index (χ1n) is 7.56. The molecule has 1 aromatic carbocycles. The number of carboxylic acids is 1. The van der Waals surface area contributed by atoms with Gasteiger partial charge in [0.1, 0.15) is 0 Å². The maximum atomic E-state index is 12.0. The predicted octanol–water partition coefficient (Wildman–Crippen LogP) is 2.77. The third-order valence-electron chi connectivity index (χ3n) is 4.21. The molecule has 6 heteroatoms. The largest absolute Gasteiger partial charge is 0.478 e. The van der Waals surface area contributed by atoms with Crippen molar-refractivity contribution in [3.63, 3.8) is 0 Å². The van der Waals surface area contributed by atoms with E-state index < -0.39 is 11.9 Å². The van der Waals surface area contributed by atoms with Gasteiger partial charge in [0.15, 0.2) is 0 Å². The standard InChI is InChI=1S/C18H22N2O4/c1-11-15(17(21)22)10-16(18(23)24-5)12(2)20(11)14-8-6-13(7-9-14)19(3)4/h6-9H,10H2,1-5H3,(H,21,22). The molecular formula is C18H22N2O4. The second-order valence-electron chi connectivity index (χ2n) is 5.85. The van der Waals surface area contributed by atoms with Gasteiger partial charge in [-0.25, -0.2) is 9.59 Å². The number of aliphatic carboxylic acids is 1. The number of carbonyl (C=O) groups is 2. The summed E-state index contributed by atoms with van der Waals surface area (Å²) < 4.78 is 4.81. The fourth-order valence-electron chi connectivity index (χ4n) is 2.81. The van der Waals surface area contributed by atoms with Gasteiger partial charge in [-0.05, 0) is 38.1 Å². The van der Waals surface area contributed by atoms with Crippen LogP contribution >= 0.6 is 0 Å². The van der Waals surface area contributed by atoms with Gasteiger partial charge in [0.2, 0.25) is 0 Å². The Bertz CT molecular complexity index is 730. The Kier molecular flexibility index (Phi) is 4.97. The highest BCUT2D eigenvalue weighted by Gasteiger charge is 2.30. The van der Waals surface area contributed by atoms with Crippen LogP contribution in [0, 0.1) is 0 Å². The fraction of sp³-hybridized carbons (Fsp3) is 0.333. The molecule has 1 aliphatic heterocycles. The molecule has 128 valence electrons. The zero-order valence-electron chi connectivity index (χ0n) is 14.6. The summed E-state index contributed by atoms with van der Waals surface area (Å²) in [6.45, 7) is 3.55. The molecule has 0 amide bonds.